The van der Waals surface area contributed by atoms with E-state index in [1.807, 2.05) is 32.9 Å². The monoisotopic (exact) mass is 451 g/mol. The molecule has 5 rings (SSSR count). The van der Waals surface area contributed by atoms with Gasteiger partial charge in [-0.25, -0.2) is 9.97 Å². The van der Waals surface area contributed by atoms with Crippen molar-refractivity contribution in [2.24, 2.45) is 0 Å². The number of rotatable bonds is 2. The largest absolute Gasteiger partial charge is 0.433 e. The van der Waals surface area contributed by atoms with Crippen molar-refractivity contribution in [3.8, 4) is 11.3 Å². The van der Waals surface area contributed by atoms with Gasteiger partial charge in [0.1, 0.15) is 11.4 Å². The third kappa shape index (κ3) is 3.53. The van der Waals surface area contributed by atoms with E-state index in [1.165, 1.54) is 6.07 Å². The summed E-state index contributed by atoms with van der Waals surface area (Å²) in [4.78, 5) is 23.1. The zero-order valence-electron chi connectivity index (χ0n) is 18.2. The lowest BCUT2D eigenvalue weighted by Gasteiger charge is -2.30. The third-order valence-corrected chi connectivity index (χ3v) is 5.95. The van der Waals surface area contributed by atoms with Crippen LogP contribution in [0.15, 0.2) is 42.6 Å². The molecule has 1 aliphatic heterocycles. The van der Waals surface area contributed by atoms with Gasteiger partial charge in [-0.05, 0) is 68.3 Å². The van der Waals surface area contributed by atoms with E-state index >= 15 is 0 Å². The van der Waals surface area contributed by atoms with Crippen molar-refractivity contribution in [1.82, 2.24) is 19.7 Å². The number of alkyl halides is 3. The van der Waals surface area contributed by atoms with Crippen molar-refractivity contribution in [2.75, 3.05) is 11.4 Å². The quantitative estimate of drug-likeness (QED) is 0.426. The van der Waals surface area contributed by atoms with Crippen molar-refractivity contribution in [3.05, 3.63) is 70.7 Å². The van der Waals surface area contributed by atoms with Crippen LogP contribution < -0.4 is 4.90 Å². The molecule has 33 heavy (non-hydrogen) atoms. The Morgan fingerprint density at radius 2 is 1.61 bits per heavy atom. The van der Waals surface area contributed by atoms with E-state index in [9.17, 15) is 18.0 Å². The number of aromatic nitrogens is 4. The molecule has 0 radical (unpaired) electrons. The molecule has 0 saturated carbocycles. The standard InChI is InChI=1S/C24H20F3N5O/c1-13-11-20(31-8-9-32-22(23(31)33)15(3)12-28-32)14(2)10-16(13)17-4-5-19-18(29-17)6-7-21(30-19)24(25,26)27/h4-7,10-12H,8-9H2,1-3H3. The second-order valence-electron chi connectivity index (χ2n) is 8.24. The van der Waals surface area contributed by atoms with Gasteiger partial charge in [-0.1, -0.05) is 0 Å². The number of anilines is 1. The van der Waals surface area contributed by atoms with Gasteiger partial charge in [0.25, 0.3) is 5.91 Å². The van der Waals surface area contributed by atoms with E-state index < -0.39 is 11.9 Å². The molecule has 9 heteroatoms. The number of nitrogens with zero attached hydrogens (tertiary/aromatic N) is 5. The van der Waals surface area contributed by atoms with Crippen LogP contribution in [-0.4, -0.2) is 32.2 Å². The molecule has 4 heterocycles. The molecule has 1 aromatic carbocycles. The molecule has 1 aliphatic rings. The minimum absolute atomic E-state index is 0.0816. The number of carbonyl (C=O) groups excluding carboxylic acids is 1. The SMILES string of the molecule is Cc1cc(N2CCn3ncc(C)c3C2=O)c(C)cc1-c1ccc2nc(C(F)(F)F)ccc2n1. The maximum atomic E-state index is 13.1. The highest BCUT2D eigenvalue weighted by Crippen LogP contribution is 2.33. The van der Waals surface area contributed by atoms with E-state index in [0.717, 1.165) is 34.0 Å². The lowest BCUT2D eigenvalue weighted by Crippen LogP contribution is -2.41. The Balaban J connectivity index is 1.52. The van der Waals surface area contributed by atoms with E-state index in [-0.39, 0.29) is 11.4 Å². The Labute approximate surface area is 187 Å². The lowest BCUT2D eigenvalue weighted by atomic mass is 9.99. The summed E-state index contributed by atoms with van der Waals surface area (Å²) in [6.45, 7) is 6.88. The summed E-state index contributed by atoms with van der Waals surface area (Å²) in [5, 5.41) is 4.27. The highest BCUT2D eigenvalue weighted by atomic mass is 19.4. The first-order chi connectivity index (χ1) is 15.6. The second-order valence-corrected chi connectivity index (χ2v) is 8.24. The molecule has 0 fully saturated rings. The van der Waals surface area contributed by atoms with Gasteiger partial charge < -0.3 is 4.90 Å². The Kier molecular flexibility index (Phi) is 4.73. The van der Waals surface area contributed by atoms with Crippen molar-refractivity contribution in [1.29, 1.82) is 0 Å². The van der Waals surface area contributed by atoms with Gasteiger partial charge in [-0.3, -0.25) is 9.48 Å². The Morgan fingerprint density at radius 3 is 2.36 bits per heavy atom. The van der Waals surface area contributed by atoms with Crippen LogP contribution in [0.2, 0.25) is 0 Å². The lowest BCUT2D eigenvalue weighted by molar-refractivity contribution is -0.140. The molecule has 168 valence electrons. The van der Waals surface area contributed by atoms with E-state index in [0.29, 0.717) is 30.0 Å². The van der Waals surface area contributed by atoms with Gasteiger partial charge in [0, 0.05) is 23.4 Å². The first-order valence-electron chi connectivity index (χ1n) is 10.4. The molecular weight excluding hydrogens is 431 g/mol. The predicted octanol–water partition coefficient (Wildman–Crippen LogP) is 5.10. The number of benzene rings is 1. The van der Waals surface area contributed by atoms with Gasteiger partial charge >= 0.3 is 6.18 Å². The van der Waals surface area contributed by atoms with E-state index in [4.69, 9.17) is 0 Å². The molecule has 6 nitrogen and oxygen atoms in total. The Morgan fingerprint density at radius 1 is 0.879 bits per heavy atom. The van der Waals surface area contributed by atoms with Crippen molar-refractivity contribution >= 4 is 22.6 Å². The summed E-state index contributed by atoms with van der Waals surface area (Å²) in [7, 11) is 0. The zero-order valence-corrected chi connectivity index (χ0v) is 18.2. The smallest absolute Gasteiger partial charge is 0.305 e. The van der Waals surface area contributed by atoms with Gasteiger partial charge in [-0.15, -0.1) is 0 Å². The van der Waals surface area contributed by atoms with Crippen molar-refractivity contribution < 1.29 is 18.0 Å². The number of aryl methyl sites for hydroxylation is 3. The first kappa shape index (κ1) is 21.1. The van der Waals surface area contributed by atoms with Crippen molar-refractivity contribution in [2.45, 2.75) is 33.5 Å². The van der Waals surface area contributed by atoms with Gasteiger partial charge in [0.15, 0.2) is 0 Å². The third-order valence-electron chi connectivity index (χ3n) is 5.95. The fourth-order valence-corrected chi connectivity index (χ4v) is 4.27. The number of pyridine rings is 2. The molecule has 0 bridgehead atoms. The van der Waals surface area contributed by atoms with E-state index in [2.05, 4.69) is 15.1 Å². The average molecular weight is 451 g/mol. The number of halogens is 3. The minimum Gasteiger partial charge on any atom is -0.305 e. The van der Waals surface area contributed by atoms with Crippen LogP contribution in [-0.2, 0) is 12.7 Å². The van der Waals surface area contributed by atoms with Gasteiger partial charge in [0.2, 0.25) is 0 Å². The molecular formula is C24H20F3N5O. The van der Waals surface area contributed by atoms with Crippen LogP contribution in [0.25, 0.3) is 22.3 Å². The topological polar surface area (TPSA) is 63.9 Å². The normalized spacial score (nSPS) is 14.1. The van der Waals surface area contributed by atoms with Gasteiger partial charge in [0.05, 0.1) is 29.5 Å². The van der Waals surface area contributed by atoms with Crippen LogP contribution in [0.4, 0.5) is 18.9 Å². The number of carbonyl (C=O) groups is 1. The summed E-state index contributed by atoms with van der Waals surface area (Å²) in [6.07, 6.45) is -2.80. The summed E-state index contributed by atoms with van der Waals surface area (Å²) < 4.78 is 40.6. The van der Waals surface area contributed by atoms with Crippen LogP contribution in [0.1, 0.15) is 32.9 Å². The molecule has 0 N–H and O–H groups in total. The van der Waals surface area contributed by atoms with Crippen LogP contribution in [0, 0.1) is 20.8 Å². The number of amides is 1. The number of hydrogen-bond donors (Lipinski definition) is 0. The first-order valence-corrected chi connectivity index (χ1v) is 10.4. The maximum absolute atomic E-state index is 13.1. The summed E-state index contributed by atoms with van der Waals surface area (Å²) in [5.41, 5.74) is 5.20. The number of fused-ring (bicyclic) bond motifs is 2. The van der Waals surface area contributed by atoms with Crippen LogP contribution in [0.5, 0.6) is 0 Å². The second kappa shape index (κ2) is 7.40. The summed E-state index contributed by atoms with van der Waals surface area (Å²) in [6, 6.07) is 9.42. The molecule has 4 aromatic rings. The molecule has 3 aromatic heterocycles. The van der Waals surface area contributed by atoms with Crippen LogP contribution in [0.3, 0.4) is 0 Å². The number of hydrogen-bond acceptors (Lipinski definition) is 4. The predicted molar refractivity (Wildman–Crippen MR) is 118 cm³/mol. The Hall–Kier alpha value is -3.75. The molecule has 0 atom stereocenters. The summed E-state index contributed by atoms with van der Waals surface area (Å²) in [5.74, 6) is -0.0816. The fraction of sp³-hybridized carbons (Fsp3) is 0.250. The highest BCUT2D eigenvalue weighted by molar-refractivity contribution is 6.07. The zero-order chi connectivity index (χ0) is 23.5. The molecule has 0 aliphatic carbocycles. The minimum atomic E-state index is -4.50. The van der Waals surface area contributed by atoms with Crippen LogP contribution >= 0.6 is 0 Å². The average Bonchev–Trinajstić information content (AvgIpc) is 3.16. The van der Waals surface area contributed by atoms with E-state index in [1.54, 1.807) is 27.9 Å². The van der Waals surface area contributed by atoms with Crippen molar-refractivity contribution in [3.63, 3.8) is 0 Å². The van der Waals surface area contributed by atoms with Gasteiger partial charge in [-0.2, -0.15) is 18.3 Å². The Bertz CT molecular complexity index is 1420. The highest BCUT2D eigenvalue weighted by Gasteiger charge is 2.32. The summed E-state index contributed by atoms with van der Waals surface area (Å²) >= 11 is 0. The maximum Gasteiger partial charge on any atom is 0.433 e. The fourth-order valence-electron chi connectivity index (χ4n) is 4.27. The molecule has 1 amide bonds. The molecule has 0 spiro atoms. The molecule has 0 unspecified atom stereocenters. The molecule has 0 saturated heterocycles.